The van der Waals surface area contributed by atoms with Gasteiger partial charge in [0.15, 0.2) is 11.6 Å². The van der Waals surface area contributed by atoms with Gasteiger partial charge < -0.3 is 10.2 Å². The maximum absolute atomic E-state index is 14.0. The molecule has 0 radical (unpaired) electrons. The molecule has 0 unspecified atom stereocenters. The van der Waals surface area contributed by atoms with Crippen LogP contribution in [0.5, 0.6) is 0 Å². The largest absolute Gasteiger partial charge is 0.338 e. The zero-order valence-corrected chi connectivity index (χ0v) is 21.4. The second-order valence-electron chi connectivity index (χ2n) is 9.22. The predicted molar refractivity (Wildman–Crippen MR) is 134 cm³/mol. The van der Waals surface area contributed by atoms with Gasteiger partial charge in [0.05, 0.1) is 23.5 Å². The van der Waals surface area contributed by atoms with Crippen LogP contribution in [-0.2, 0) is 0 Å². The lowest BCUT2D eigenvalue weighted by Crippen LogP contribution is -2.39. The van der Waals surface area contributed by atoms with Crippen LogP contribution >= 0.6 is 15.9 Å². The van der Waals surface area contributed by atoms with E-state index < -0.39 is 17.5 Å². The van der Waals surface area contributed by atoms with E-state index in [2.05, 4.69) is 40.2 Å². The molecule has 0 atom stereocenters. The minimum absolute atomic E-state index is 0.00693. The van der Waals surface area contributed by atoms with E-state index in [1.54, 1.807) is 17.8 Å². The third-order valence-corrected chi connectivity index (χ3v) is 6.69. The highest BCUT2D eigenvalue weighted by molar-refractivity contribution is 9.10. The molecular weight excluding hydrogens is 518 g/mol. The number of hydrogen-bond donors (Lipinski definition) is 1. The standard InChI is InChI=1S/C26H27BrF2N4O2/c1-15(2)17-10-18(12-19(27)11-17)26(35)32-6-4-21(5-7-32)33-14-20(13-30-33)31-25(34)22-8-16(3)9-23(28)24(22)29/h8-15,21H,4-7H2,1-3H3,(H,31,34). The van der Waals surface area contributed by atoms with Crippen molar-refractivity contribution in [3.8, 4) is 0 Å². The first kappa shape index (κ1) is 25.0. The third kappa shape index (κ3) is 5.61. The molecule has 2 heterocycles. The van der Waals surface area contributed by atoms with Crippen LogP contribution in [0.4, 0.5) is 14.5 Å². The number of carbonyl (C=O) groups excluding carboxylic acids is 2. The van der Waals surface area contributed by atoms with Crippen molar-refractivity contribution < 1.29 is 18.4 Å². The number of amides is 2. The average molecular weight is 545 g/mol. The Kier molecular flexibility index (Phi) is 7.35. The van der Waals surface area contributed by atoms with E-state index >= 15 is 0 Å². The van der Waals surface area contributed by atoms with E-state index in [1.807, 2.05) is 23.1 Å². The predicted octanol–water partition coefficient (Wildman–Crippen LogP) is 6.09. The van der Waals surface area contributed by atoms with Crippen LogP contribution < -0.4 is 5.32 Å². The molecule has 9 heteroatoms. The monoisotopic (exact) mass is 544 g/mol. The number of anilines is 1. The van der Waals surface area contributed by atoms with Crippen molar-refractivity contribution in [1.29, 1.82) is 0 Å². The summed E-state index contributed by atoms with van der Waals surface area (Å²) in [4.78, 5) is 27.4. The summed E-state index contributed by atoms with van der Waals surface area (Å²) in [6.45, 7) is 6.95. The number of aromatic nitrogens is 2. The lowest BCUT2D eigenvalue weighted by atomic mass is 9.99. The maximum atomic E-state index is 14.0. The van der Waals surface area contributed by atoms with Gasteiger partial charge in [0.2, 0.25) is 0 Å². The van der Waals surface area contributed by atoms with Crippen LogP contribution in [-0.4, -0.2) is 39.6 Å². The van der Waals surface area contributed by atoms with Crippen LogP contribution in [0.25, 0.3) is 0 Å². The molecule has 1 aromatic heterocycles. The number of halogens is 3. The number of aryl methyl sites for hydroxylation is 1. The molecule has 4 rings (SSSR count). The molecule has 2 amide bonds. The number of piperidine rings is 1. The third-order valence-electron chi connectivity index (χ3n) is 6.24. The van der Waals surface area contributed by atoms with Gasteiger partial charge in [0, 0.05) is 29.3 Å². The van der Waals surface area contributed by atoms with Crippen molar-refractivity contribution in [2.24, 2.45) is 0 Å². The first-order chi connectivity index (χ1) is 16.6. The van der Waals surface area contributed by atoms with E-state index in [1.165, 1.54) is 12.3 Å². The Morgan fingerprint density at radius 2 is 1.83 bits per heavy atom. The average Bonchev–Trinajstić information content (AvgIpc) is 3.29. The molecule has 1 saturated heterocycles. The van der Waals surface area contributed by atoms with Crippen LogP contribution in [0.2, 0.25) is 0 Å². The Balaban J connectivity index is 1.38. The molecule has 2 aromatic carbocycles. The van der Waals surface area contributed by atoms with Crippen LogP contribution in [0.1, 0.15) is 70.5 Å². The Hall–Kier alpha value is -3.07. The summed E-state index contributed by atoms with van der Waals surface area (Å²) in [5.41, 5.74) is 2.28. The van der Waals surface area contributed by atoms with Crippen molar-refractivity contribution in [1.82, 2.24) is 14.7 Å². The zero-order valence-electron chi connectivity index (χ0n) is 19.8. The molecule has 6 nitrogen and oxygen atoms in total. The Labute approximate surface area is 211 Å². The molecule has 0 saturated carbocycles. The summed E-state index contributed by atoms with van der Waals surface area (Å²) in [7, 11) is 0. The first-order valence-corrected chi connectivity index (χ1v) is 12.3. The smallest absolute Gasteiger partial charge is 0.258 e. The van der Waals surface area contributed by atoms with Gasteiger partial charge in [0.1, 0.15) is 0 Å². The lowest BCUT2D eigenvalue weighted by Gasteiger charge is -2.32. The summed E-state index contributed by atoms with van der Waals surface area (Å²) in [5, 5.41) is 6.92. The van der Waals surface area contributed by atoms with Gasteiger partial charge in [-0.3, -0.25) is 14.3 Å². The van der Waals surface area contributed by atoms with E-state index in [9.17, 15) is 18.4 Å². The molecule has 1 aliphatic rings. The minimum atomic E-state index is -1.18. The molecule has 35 heavy (non-hydrogen) atoms. The van der Waals surface area contributed by atoms with Crippen molar-refractivity contribution in [3.63, 3.8) is 0 Å². The van der Waals surface area contributed by atoms with Gasteiger partial charge in [0.25, 0.3) is 11.8 Å². The van der Waals surface area contributed by atoms with Crippen LogP contribution in [0, 0.1) is 18.6 Å². The number of nitrogens with zero attached hydrogens (tertiary/aromatic N) is 3. The fourth-order valence-electron chi connectivity index (χ4n) is 4.28. The van der Waals surface area contributed by atoms with Crippen LogP contribution in [0.15, 0.2) is 47.2 Å². The van der Waals surface area contributed by atoms with Gasteiger partial charge in [-0.05, 0) is 67.1 Å². The fourth-order valence-corrected chi connectivity index (χ4v) is 4.79. The number of carbonyl (C=O) groups is 2. The molecular formula is C26H27BrF2N4O2. The summed E-state index contributed by atoms with van der Waals surface area (Å²) in [5.74, 6) is -2.65. The van der Waals surface area contributed by atoms with Crippen molar-refractivity contribution in [2.75, 3.05) is 18.4 Å². The molecule has 1 fully saturated rings. The number of nitrogens with one attached hydrogen (secondary N) is 1. The second kappa shape index (κ2) is 10.3. The number of likely N-dealkylation sites (tertiary alicyclic amines) is 1. The van der Waals surface area contributed by atoms with E-state index in [4.69, 9.17) is 0 Å². The molecule has 3 aromatic rings. The number of hydrogen-bond acceptors (Lipinski definition) is 3. The SMILES string of the molecule is Cc1cc(F)c(F)c(C(=O)Nc2cnn(C3CCN(C(=O)c4cc(Br)cc(C(C)C)c4)CC3)c2)c1. The molecule has 0 aliphatic carbocycles. The van der Waals surface area contributed by atoms with Gasteiger partial charge in [-0.2, -0.15) is 5.10 Å². The topological polar surface area (TPSA) is 67.2 Å². The first-order valence-electron chi connectivity index (χ1n) is 11.5. The summed E-state index contributed by atoms with van der Waals surface area (Å²) in [6, 6.07) is 8.25. The highest BCUT2D eigenvalue weighted by Gasteiger charge is 2.26. The zero-order chi connectivity index (χ0) is 25.3. The van der Waals surface area contributed by atoms with Gasteiger partial charge in [-0.1, -0.05) is 29.8 Å². The quantitative estimate of drug-likeness (QED) is 0.423. The molecule has 0 bridgehead atoms. The maximum Gasteiger partial charge on any atom is 0.258 e. The minimum Gasteiger partial charge on any atom is -0.338 e. The summed E-state index contributed by atoms with van der Waals surface area (Å²) < 4.78 is 30.3. The fraction of sp³-hybridized carbons (Fsp3) is 0.346. The van der Waals surface area contributed by atoms with E-state index in [-0.39, 0.29) is 17.5 Å². The van der Waals surface area contributed by atoms with Crippen molar-refractivity contribution in [3.05, 3.63) is 81.1 Å². The Bertz CT molecular complexity index is 1270. The van der Waals surface area contributed by atoms with Crippen molar-refractivity contribution in [2.45, 2.75) is 45.6 Å². The Morgan fingerprint density at radius 3 is 2.51 bits per heavy atom. The highest BCUT2D eigenvalue weighted by Crippen LogP contribution is 2.27. The summed E-state index contributed by atoms with van der Waals surface area (Å²) in [6.07, 6.45) is 4.58. The lowest BCUT2D eigenvalue weighted by molar-refractivity contribution is 0.0689. The summed E-state index contributed by atoms with van der Waals surface area (Å²) >= 11 is 3.51. The number of benzene rings is 2. The van der Waals surface area contributed by atoms with E-state index in [0.717, 1.165) is 16.1 Å². The Morgan fingerprint density at radius 1 is 1.11 bits per heavy atom. The van der Waals surface area contributed by atoms with Gasteiger partial charge >= 0.3 is 0 Å². The molecule has 1 aliphatic heterocycles. The van der Waals surface area contributed by atoms with Crippen molar-refractivity contribution >= 4 is 33.4 Å². The normalized spacial score (nSPS) is 14.4. The molecule has 1 N–H and O–H groups in total. The second-order valence-corrected chi connectivity index (χ2v) is 10.1. The van der Waals surface area contributed by atoms with Crippen LogP contribution in [0.3, 0.4) is 0 Å². The molecule has 0 spiro atoms. The number of rotatable bonds is 5. The van der Waals surface area contributed by atoms with E-state index in [0.29, 0.717) is 48.7 Å². The van der Waals surface area contributed by atoms with Gasteiger partial charge in [-0.15, -0.1) is 0 Å². The van der Waals surface area contributed by atoms with Gasteiger partial charge in [-0.25, -0.2) is 8.78 Å². The molecule has 184 valence electrons. The highest BCUT2D eigenvalue weighted by atomic mass is 79.9.